The number of morpholine rings is 1. The van der Waals surface area contributed by atoms with Crippen molar-refractivity contribution in [2.24, 2.45) is 0 Å². The van der Waals surface area contributed by atoms with Gasteiger partial charge in [-0.15, -0.1) is 0 Å². The lowest BCUT2D eigenvalue weighted by atomic mass is 10.1. The lowest BCUT2D eigenvalue weighted by molar-refractivity contribution is 0.0784. The Hall–Kier alpha value is -1.82. The largest absolute Gasteiger partial charge is 0.378 e. The van der Waals surface area contributed by atoms with E-state index in [1.807, 2.05) is 12.1 Å². The van der Waals surface area contributed by atoms with Gasteiger partial charge in [-0.05, 0) is 29.8 Å². The summed E-state index contributed by atoms with van der Waals surface area (Å²) in [5, 5.41) is 0.983. The number of pyridine rings is 1. The second kappa shape index (κ2) is 8.04. The number of aromatic nitrogens is 1. The number of hydrogen-bond donors (Lipinski definition) is 0. The van der Waals surface area contributed by atoms with Crippen molar-refractivity contribution in [3.63, 3.8) is 0 Å². The predicted octanol–water partition coefficient (Wildman–Crippen LogP) is 3.50. The van der Waals surface area contributed by atoms with Gasteiger partial charge in [0, 0.05) is 32.9 Å². The lowest BCUT2D eigenvalue weighted by Crippen LogP contribution is -2.38. The third-order valence-corrected chi connectivity index (χ3v) is 4.82. The molecule has 0 saturated carbocycles. The summed E-state index contributed by atoms with van der Waals surface area (Å²) in [4.78, 5) is 21.1. The Labute approximate surface area is 157 Å². The number of nitrogens with zero attached hydrogens (tertiary/aromatic N) is 3. The first-order valence-electron chi connectivity index (χ1n) is 8.03. The van der Waals surface area contributed by atoms with Crippen LogP contribution in [0.5, 0.6) is 0 Å². The van der Waals surface area contributed by atoms with E-state index in [0.29, 0.717) is 41.2 Å². The zero-order valence-electron chi connectivity index (χ0n) is 13.9. The van der Waals surface area contributed by atoms with Crippen molar-refractivity contribution in [1.82, 2.24) is 9.88 Å². The molecule has 0 unspecified atom stereocenters. The van der Waals surface area contributed by atoms with Crippen molar-refractivity contribution in [2.75, 3.05) is 38.3 Å². The minimum absolute atomic E-state index is 0.0827. The van der Waals surface area contributed by atoms with E-state index in [0.717, 1.165) is 18.7 Å². The van der Waals surface area contributed by atoms with Crippen LogP contribution in [0.3, 0.4) is 0 Å². The topological polar surface area (TPSA) is 45.7 Å². The summed E-state index contributed by atoms with van der Waals surface area (Å²) in [6.45, 7) is 3.18. The quantitative estimate of drug-likeness (QED) is 0.815. The summed E-state index contributed by atoms with van der Waals surface area (Å²) in [6, 6.07) is 8.97. The van der Waals surface area contributed by atoms with Crippen molar-refractivity contribution in [1.29, 1.82) is 0 Å². The molecule has 2 heterocycles. The van der Waals surface area contributed by atoms with E-state index < -0.39 is 0 Å². The van der Waals surface area contributed by atoms with E-state index >= 15 is 0 Å². The van der Waals surface area contributed by atoms with Gasteiger partial charge in [0.25, 0.3) is 5.91 Å². The monoisotopic (exact) mass is 379 g/mol. The Morgan fingerprint density at radius 2 is 2.00 bits per heavy atom. The minimum Gasteiger partial charge on any atom is -0.378 e. The number of rotatable bonds is 4. The molecule has 1 fully saturated rings. The summed E-state index contributed by atoms with van der Waals surface area (Å²) in [5.74, 6) is 0.623. The molecule has 1 aromatic heterocycles. The molecule has 0 aliphatic carbocycles. The molecule has 0 spiro atoms. The first-order valence-corrected chi connectivity index (χ1v) is 8.79. The molecule has 1 saturated heterocycles. The number of carbonyl (C=O) groups excluding carboxylic acids is 1. The average Bonchev–Trinajstić information content (AvgIpc) is 2.65. The fourth-order valence-corrected chi connectivity index (χ4v) is 3.10. The molecular weight excluding hydrogens is 361 g/mol. The van der Waals surface area contributed by atoms with Crippen molar-refractivity contribution in [2.45, 2.75) is 6.54 Å². The first-order chi connectivity index (χ1) is 12.1. The van der Waals surface area contributed by atoms with Crippen LogP contribution in [-0.4, -0.2) is 49.1 Å². The number of hydrogen-bond acceptors (Lipinski definition) is 4. The Kier molecular flexibility index (Phi) is 5.78. The zero-order chi connectivity index (χ0) is 17.8. The lowest BCUT2D eigenvalue weighted by Gasteiger charge is -2.30. The number of ether oxygens (including phenoxy) is 1. The van der Waals surface area contributed by atoms with Gasteiger partial charge in [0.2, 0.25) is 0 Å². The molecule has 2 aromatic rings. The van der Waals surface area contributed by atoms with Crippen LogP contribution in [0.25, 0.3) is 0 Å². The van der Waals surface area contributed by atoms with E-state index in [4.69, 9.17) is 27.9 Å². The van der Waals surface area contributed by atoms with Gasteiger partial charge < -0.3 is 14.5 Å². The summed E-state index contributed by atoms with van der Waals surface area (Å²) in [5.41, 5.74) is 1.51. The van der Waals surface area contributed by atoms with Crippen molar-refractivity contribution in [3.05, 3.63) is 57.7 Å². The Balaban J connectivity index is 1.78. The van der Waals surface area contributed by atoms with Gasteiger partial charge in [0.05, 0.1) is 28.8 Å². The second-order valence-electron chi connectivity index (χ2n) is 5.88. The summed E-state index contributed by atoms with van der Waals surface area (Å²) < 4.78 is 5.38. The summed E-state index contributed by atoms with van der Waals surface area (Å²) in [7, 11) is 1.76. The second-order valence-corrected chi connectivity index (χ2v) is 6.70. The van der Waals surface area contributed by atoms with Gasteiger partial charge in [-0.25, -0.2) is 4.98 Å². The number of benzene rings is 1. The molecule has 5 nitrogen and oxygen atoms in total. The van der Waals surface area contributed by atoms with Gasteiger partial charge in [0.1, 0.15) is 5.82 Å². The highest BCUT2D eigenvalue weighted by Gasteiger charge is 2.22. The van der Waals surface area contributed by atoms with Crippen molar-refractivity contribution in [3.8, 4) is 0 Å². The third kappa shape index (κ3) is 4.24. The van der Waals surface area contributed by atoms with Crippen LogP contribution in [0.1, 0.15) is 15.9 Å². The molecule has 0 bridgehead atoms. The van der Waals surface area contributed by atoms with E-state index in [1.165, 1.54) is 0 Å². The van der Waals surface area contributed by atoms with Gasteiger partial charge in [-0.3, -0.25) is 4.79 Å². The molecular formula is C18H19Cl2N3O2. The zero-order valence-corrected chi connectivity index (χ0v) is 15.4. The van der Waals surface area contributed by atoms with E-state index in [1.54, 1.807) is 36.3 Å². The molecule has 3 rings (SSSR count). The summed E-state index contributed by atoms with van der Waals surface area (Å²) in [6.07, 6.45) is 1.71. The SMILES string of the molecule is CN(Cc1ccc(Cl)c(Cl)c1)C(=O)c1cccnc1N1CCOCC1. The molecule has 1 aromatic carbocycles. The van der Waals surface area contributed by atoms with E-state index in [2.05, 4.69) is 9.88 Å². The molecule has 0 radical (unpaired) electrons. The van der Waals surface area contributed by atoms with Gasteiger partial charge in [-0.1, -0.05) is 29.3 Å². The molecule has 1 aliphatic heterocycles. The smallest absolute Gasteiger partial charge is 0.257 e. The highest BCUT2D eigenvalue weighted by Crippen LogP contribution is 2.24. The van der Waals surface area contributed by atoms with Crippen LogP contribution < -0.4 is 4.90 Å². The van der Waals surface area contributed by atoms with Crippen molar-refractivity contribution < 1.29 is 9.53 Å². The van der Waals surface area contributed by atoms with Crippen LogP contribution in [0.4, 0.5) is 5.82 Å². The number of amides is 1. The first kappa shape index (κ1) is 18.0. The van der Waals surface area contributed by atoms with Crippen molar-refractivity contribution >= 4 is 34.9 Å². The van der Waals surface area contributed by atoms with Crippen LogP contribution in [0, 0.1) is 0 Å². The number of anilines is 1. The molecule has 1 aliphatic rings. The van der Waals surface area contributed by atoms with Crippen LogP contribution in [0.2, 0.25) is 10.0 Å². The highest BCUT2D eigenvalue weighted by molar-refractivity contribution is 6.42. The Morgan fingerprint density at radius 1 is 1.24 bits per heavy atom. The predicted molar refractivity (Wildman–Crippen MR) is 99.5 cm³/mol. The maximum Gasteiger partial charge on any atom is 0.257 e. The fourth-order valence-electron chi connectivity index (χ4n) is 2.78. The van der Waals surface area contributed by atoms with Gasteiger partial charge in [0.15, 0.2) is 0 Å². The Morgan fingerprint density at radius 3 is 2.72 bits per heavy atom. The van der Waals surface area contributed by atoms with Crippen LogP contribution in [-0.2, 0) is 11.3 Å². The van der Waals surface area contributed by atoms with Gasteiger partial charge in [-0.2, -0.15) is 0 Å². The molecule has 0 atom stereocenters. The molecule has 1 amide bonds. The Bertz CT molecular complexity index is 764. The average molecular weight is 380 g/mol. The normalized spacial score (nSPS) is 14.4. The molecule has 7 heteroatoms. The maximum absolute atomic E-state index is 12.9. The molecule has 0 N–H and O–H groups in total. The van der Waals surface area contributed by atoms with E-state index in [-0.39, 0.29) is 5.91 Å². The molecule has 25 heavy (non-hydrogen) atoms. The van der Waals surface area contributed by atoms with E-state index in [9.17, 15) is 4.79 Å². The van der Waals surface area contributed by atoms with Crippen LogP contribution >= 0.6 is 23.2 Å². The maximum atomic E-state index is 12.9. The van der Waals surface area contributed by atoms with Crippen LogP contribution in [0.15, 0.2) is 36.5 Å². The van der Waals surface area contributed by atoms with Gasteiger partial charge >= 0.3 is 0 Å². The molecule has 132 valence electrons. The minimum atomic E-state index is -0.0827. The standard InChI is InChI=1S/C18H19Cl2N3O2/c1-22(12-13-4-5-15(19)16(20)11-13)18(24)14-3-2-6-21-17(14)23-7-9-25-10-8-23/h2-6,11H,7-10,12H2,1H3. The number of halogens is 2. The fraction of sp³-hybridized carbons (Fsp3) is 0.333. The summed E-state index contributed by atoms with van der Waals surface area (Å²) >= 11 is 12.0. The highest BCUT2D eigenvalue weighted by atomic mass is 35.5. The number of carbonyl (C=O) groups is 1. The third-order valence-electron chi connectivity index (χ3n) is 4.08.